The number of amides is 3. The molecular weight excluding hydrogens is 390 g/mol. The smallest absolute Gasteiger partial charge is 0.321 e. The lowest BCUT2D eigenvalue weighted by molar-refractivity contribution is 0.0730. The number of rotatable bonds is 8. The van der Waals surface area contributed by atoms with Gasteiger partial charge in [-0.25, -0.2) is 4.79 Å². The van der Waals surface area contributed by atoms with Crippen LogP contribution in [0, 0.1) is 5.92 Å². The highest BCUT2D eigenvalue weighted by molar-refractivity contribution is 5.98. The lowest BCUT2D eigenvalue weighted by Crippen LogP contribution is -2.33. The molecule has 2 aromatic carbocycles. The van der Waals surface area contributed by atoms with Gasteiger partial charge in [0.2, 0.25) is 0 Å². The third-order valence-electron chi connectivity index (χ3n) is 6.50. The van der Waals surface area contributed by atoms with Crippen molar-refractivity contribution in [3.63, 3.8) is 0 Å². The summed E-state index contributed by atoms with van der Waals surface area (Å²) >= 11 is 0. The predicted molar refractivity (Wildman–Crippen MR) is 119 cm³/mol. The number of carbonyl (C=O) groups is 2. The summed E-state index contributed by atoms with van der Waals surface area (Å²) in [7, 11) is 0. The number of hydrogen-bond acceptors (Lipinski definition) is 3. The molecular formula is C25H29N3O3. The molecule has 2 saturated carbocycles. The topological polar surface area (TPSA) is 61.9 Å². The third-order valence-corrected chi connectivity index (χ3v) is 6.50. The number of urea groups is 1. The summed E-state index contributed by atoms with van der Waals surface area (Å²) < 4.78 is 5.90. The summed E-state index contributed by atoms with van der Waals surface area (Å²) in [5, 5.41) is 2.81. The van der Waals surface area contributed by atoms with E-state index in [1.165, 1.54) is 19.3 Å². The van der Waals surface area contributed by atoms with Gasteiger partial charge in [0.1, 0.15) is 5.75 Å². The van der Waals surface area contributed by atoms with Gasteiger partial charge in [0, 0.05) is 36.9 Å². The monoisotopic (exact) mass is 419 g/mol. The lowest BCUT2D eigenvalue weighted by atomic mass is 9.86. The molecule has 31 heavy (non-hydrogen) atoms. The van der Waals surface area contributed by atoms with Crippen LogP contribution < -0.4 is 15.0 Å². The summed E-state index contributed by atoms with van der Waals surface area (Å²) in [5.41, 5.74) is 2.50. The van der Waals surface area contributed by atoms with Crippen LogP contribution in [-0.2, 0) is 6.54 Å². The van der Waals surface area contributed by atoms with Crippen LogP contribution in [0.2, 0.25) is 0 Å². The Morgan fingerprint density at radius 2 is 1.90 bits per heavy atom. The fourth-order valence-corrected chi connectivity index (χ4v) is 4.20. The second kappa shape index (κ2) is 8.61. The van der Waals surface area contributed by atoms with E-state index in [2.05, 4.69) is 17.4 Å². The first kappa shape index (κ1) is 19.9. The molecule has 0 aromatic heterocycles. The largest absolute Gasteiger partial charge is 0.493 e. The van der Waals surface area contributed by atoms with Crippen LogP contribution in [0.5, 0.6) is 5.75 Å². The number of carbonyl (C=O) groups excluding carboxylic acids is 2. The van der Waals surface area contributed by atoms with Crippen molar-refractivity contribution < 1.29 is 14.3 Å². The lowest BCUT2D eigenvalue weighted by Gasteiger charge is -2.25. The SMILES string of the molecule is O=C1NCCN1c1cccc(C(=O)N(Cc2ccc(OCC3CCC3)cc2)C2CC2)c1. The average Bonchev–Trinajstić information content (AvgIpc) is 3.51. The molecule has 1 heterocycles. The second-order valence-corrected chi connectivity index (χ2v) is 8.85. The summed E-state index contributed by atoms with van der Waals surface area (Å²) in [5.74, 6) is 1.64. The Kier molecular flexibility index (Phi) is 5.53. The zero-order chi connectivity index (χ0) is 21.2. The van der Waals surface area contributed by atoms with Crippen LogP contribution in [0.4, 0.5) is 10.5 Å². The van der Waals surface area contributed by atoms with Crippen LogP contribution in [0.15, 0.2) is 48.5 Å². The zero-order valence-electron chi connectivity index (χ0n) is 17.8. The molecule has 162 valence electrons. The molecule has 1 saturated heterocycles. The van der Waals surface area contributed by atoms with Gasteiger partial charge in [0.25, 0.3) is 5.91 Å². The van der Waals surface area contributed by atoms with Crippen molar-refractivity contribution >= 4 is 17.6 Å². The minimum atomic E-state index is -0.108. The summed E-state index contributed by atoms with van der Waals surface area (Å²) in [6.45, 7) is 2.64. The Bertz CT molecular complexity index is 951. The number of ether oxygens (including phenoxy) is 1. The fourth-order valence-electron chi connectivity index (χ4n) is 4.20. The Hall–Kier alpha value is -3.02. The average molecular weight is 420 g/mol. The van der Waals surface area contributed by atoms with Crippen molar-refractivity contribution in [3.8, 4) is 5.75 Å². The van der Waals surface area contributed by atoms with Gasteiger partial charge in [-0.1, -0.05) is 24.6 Å². The van der Waals surface area contributed by atoms with Gasteiger partial charge in [-0.2, -0.15) is 0 Å². The van der Waals surface area contributed by atoms with Gasteiger partial charge in [-0.3, -0.25) is 9.69 Å². The van der Waals surface area contributed by atoms with Gasteiger partial charge in [-0.15, -0.1) is 0 Å². The molecule has 1 aliphatic heterocycles. The maximum Gasteiger partial charge on any atom is 0.321 e. The van der Waals surface area contributed by atoms with Crippen LogP contribution in [-0.4, -0.2) is 42.6 Å². The minimum Gasteiger partial charge on any atom is -0.493 e. The van der Waals surface area contributed by atoms with E-state index in [0.29, 0.717) is 37.2 Å². The van der Waals surface area contributed by atoms with Gasteiger partial charge >= 0.3 is 6.03 Å². The van der Waals surface area contributed by atoms with Crippen molar-refractivity contribution in [2.75, 3.05) is 24.6 Å². The second-order valence-electron chi connectivity index (χ2n) is 8.85. The van der Waals surface area contributed by atoms with E-state index >= 15 is 0 Å². The maximum atomic E-state index is 13.3. The van der Waals surface area contributed by atoms with Crippen LogP contribution in [0.25, 0.3) is 0 Å². The van der Waals surface area contributed by atoms with Crippen LogP contribution >= 0.6 is 0 Å². The Labute approximate surface area is 183 Å². The molecule has 3 aliphatic rings. The summed E-state index contributed by atoms with van der Waals surface area (Å²) in [6.07, 6.45) is 5.97. The highest BCUT2D eigenvalue weighted by Crippen LogP contribution is 2.31. The Balaban J connectivity index is 1.26. The molecule has 0 spiro atoms. The summed E-state index contributed by atoms with van der Waals surface area (Å²) in [4.78, 5) is 29.0. The number of anilines is 1. The standard InChI is InChI=1S/C25H29N3O3/c29-24(20-5-2-6-22(15-20)27-14-13-26-25(27)30)28(21-9-10-21)16-18-7-11-23(12-8-18)31-17-19-3-1-4-19/h2,5-8,11-12,15,19,21H,1,3-4,9-10,13-14,16-17H2,(H,26,30). The Morgan fingerprint density at radius 1 is 1.10 bits per heavy atom. The molecule has 0 atom stereocenters. The number of nitrogens with zero attached hydrogens (tertiary/aromatic N) is 2. The van der Waals surface area contributed by atoms with E-state index in [0.717, 1.165) is 36.4 Å². The molecule has 6 nitrogen and oxygen atoms in total. The van der Waals surface area contributed by atoms with Crippen molar-refractivity contribution in [2.24, 2.45) is 5.92 Å². The van der Waals surface area contributed by atoms with Crippen molar-refractivity contribution in [1.29, 1.82) is 0 Å². The first-order valence-electron chi connectivity index (χ1n) is 11.4. The van der Waals surface area contributed by atoms with Crippen LogP contribution in [0.1, 0.15) is 48.0 Å². The highest BCUT2D eigenvalue weighted by atomic mass is 16.5. The van der Waals surface area contributed by atoms with E-state index < -0.39 is 0 Å². The number of nitrogens with one attached hydrogen (secondary N) is 1. The van der Waals surface area contributed by atoms with Gasteiger partial charge in [-0.05, 0) is 67.5 Å². The first-order valence-corrected chi connectivity index (χ1v) is 11.4. The molecule has 6 heteroatoms. The summed E-state index contributed by atoms with van der Waals surface area (Å²) in [6, 6.07) is 15.7. The number of hydrogen-bond donors (Lipinski definition) is 1. The quantitative estimate of drug-likeness (QED) is 0.698. The fraction of sp³-hybridized carbons (Fsp3) is 0.440. The Morgan fingerprint density at radius 3 is 2.55 bits per heavy atom. The molecule has 0 bridgehead atoms. The van der Waals surface area contributed by atoms with Gasteiger partial charge in [0.05, 0.1) is 6.61 Å². The predicted octanol–water partition coefficient (Wildman–Crippen LogP) is 4.20. The first-order chi connectivity index (χ1) is 15.2. The molecule has 0 radical (unpaired) electrons. The highest BCUT2D eigenvalue weighted by Gasteiger charge is 2.33. The molecule has 2 aliphatic carbocycles. The molecule has 5 rings (SSSR count). The third kappa shape index (κ3) is 4.53. The molecule has 2 aromatic rings. The normalized spacial score (nSPS) is 18.5. The van der Waals surface area contributed by atoms with E-state index in [9.17, 15) is 9.59 Å². The van der Waals surface area contributed by atoms with E-state index in [4.69, 9.17) is 4.74 Å². The zero-order valence-corrected chi connectivity index (χ0v) is 17.8. The van der Waals surface area contributed by atoms with Gasteiger partial charge < -0.3 is 15.0 Å². The molecule has 1 N–H and O–H groups in total. The van der Waals surface area contributed by atoms with E-state index in [1.54, 1.807) is 4.90 Å². The maximum absolute atomic E-state index is 13.3. The van der Waals surface area contributed by atoms with Crippen molar-refractivity contribution in [3.05, 3.63) is 59.7 Å². The van der Waals surface area contributed by atoms with Crippen LogP contribution in [0.3, 0.4) is 0 Å². The van der Waals surface area contributed by atoms with E-state index in [-0.39, 0.29) is 11.9 Å². The molecule has 3 amide bonds. The van der Waals surface area contributed by atoms with Crippen molar-refractivity contribution in [2.45, 2.75) is 44.7 Å². The van der Waals surface area contributed by atoms with Gasteiger partial charge in [0.15, 0.2) is 0 Å². The molecule has 3 fully saturated rings. The molecule has 0 unspecified atom stereocenters. The number of benzene rings is 2. The minimum absolute atomic E-state index is 0.0225. The van der Waals surface area contributed by atoms with E-state index in [1.807, 2.05) is 41.3 Å². The van der Waals surface area contributed by atoms with Crippen molar-refractivity contribution in [1.82, 2.24) is 10.2 Å².